The summed E-state index contributed by atoms with van der Waals surface area (Å²) in [5.74, 6) is -0.250. The van der Waals surface area contributed by atoms with Gasteiger partial charge in [0.1, 0.15) is 5.01 Å². The van der Waals surface area contributed by atoms with Crippen LogP contribution in [0.5, 0.6) is 0 Å². The Bertz CT molecular complexity index is 582. The summed E-state index contributed by atoms with van der Waals surface area (Å²) < 4.78 is 0. The molecule has 1 aromatic heterocycles. The Morgan fingerprint density at radius 3 is 3.00 bits per heavy atom. The van der Waals surface area contributed by atoms with E-state index in [0.717, 1.165) is 10.7 Å². The minimum Gasteiger partial charge on any atom is -0.398 e. The van der Waals surface area contributed by atoms with Crippen LogP contribution in [0.3, 0.4) is 0 Å². The van der Waals surface area contributed by atoms with Gasteiger partial charge >= 0.3 is 0 Å². The summed E-state index contributed by atoms with van der Waals surface area (Å²) in [5, 5.41) is 5.85. The van der Waals surface area contributed by atoms with Crippen molar-refractivity contribution in [2.45, 2.75) is 13.5 Å². The van der Waals surface area contributed by atoms with E-state index in [1.165, 1.54) is 11.3 Å². The molecule has 0 aliphatic heterocycles. The number of aromatic nitrogens is 1. The quantitative estimate of drug-likeness (QED) is 0.850. The van der Waals surface area contributed by atoms with Crippen LogP contribution in [-0.4, -0.2) is 10.9 Å². The maximum absolute atomic E-state index is 11.9. The van der Waals surface area contributed by atoms with Gasteiger partial charge in [-0.1, -0.05) is 17.7 Å². The average molecular weight is 282 g/mol. The normalized spacial score (nSPS) is 10.3. The molecule has 0 saturated heterocycles. The van der Waals surface area contributed by atoms with Crippen LogP contribution in [0.1, 0.15) is 21.1 Å². The Morgan fingerprint density at radius 2 is 2.33 bits per heavy atom. The SMILES string of the molecule is Cc1csc(CNC(=O)c2cccc(N)c2Cl)n1. The van der Waals surface area contributed by atoms with Crippen molar-refractivity contribution in [3.05, 3.63) is 44.9 Å². The van der Waals surface area contributed by atoms with Gasteiger partial charge in [-0.2, -0.15) is 0 Å². The predicted molar refractivity (Wildman–Crippen MR) is 73.9 cm³/mol. The van der Waals surface area contributed by atoms with Gasteiger partial charge in [0, 0.05) is 11.1 Å². The molecule has 1 heterocycles. The first-order valence-corrected chi connectivity index (χ1v) is 6.57. The first-order chi connectivity index (χ1) is 8.58. The lowest BCUT2D eigenvalue weighted by molar-refractivity contribution is 0.0951. The summed E-state index contributed by atoms with van der Waals surface area (Å²) in [6.45, 7) is 2.30. The van der Waals surface area contributed by atoms with Crippen molar-refractivity contribution >= 4 is 34.5 Å². The molecular formula is C12H12ClN3OS. The molecule has 0 spiro atoms. The fourth-order valence-corrected chi connectivity index (χ4v) is 2.38. The van der Waals surface area contributed by atoms with Gasteiger partial charge in [-0.05, 0) is 19.1 Å². The zero-order valence-corrected chi connectivity index (χ0v) is 11.3. The third kappa shape index (κ3) is 2.80. The molecule has 2 rings (SSSR count). The number of hydrogen-bond acceptors (Lipinski definition) is 4. The van der Waals surface area contributed by atoms with E-state index in [1.807, 2.05) is 12.3 Å². The van der Waals surface area contributed by atoms with Crippen molar-refractivity contribution in [1.82, 2.24) is 10.3 Å². The first kappa shape index (κ1) is 12.9. The second-order valence-corrected chi connectivity index (χ2v) is 5.09. The molecule has 94 valence electrons. The van der Waals surface area contributed by atoms with E-state index in [0.29, 0.717) is 17.8 Å². The molecule has 1 amide bonds. The number of carbonyl (C=O) groups excluding carboxylic acids is 1. The summed E-state index contributed by atoms with van der Waals surface area (Å²) in [6, 6.07) is 4.99. The number of thiazole rings is 1. The van der Waals surface area contributed by atoms with Gasteiger partial charge in [-0.3, -0.25) is 4.79 Å². The minimum atomic E-state index is -0.250. The van der Waals surface area contributed by atoms with Crippen molar-refractivity contribution in [2.75, 3.05) is 5.73 Å². The molecule has 0 aliphatic rings. The third-order valence-electron chi connectivity index (χ3n) is 2.34. The number of hydrogen-bond donors (Lipinski definition) is 2. The first-order valence-electron chi connectivity index (χ1n) is 5.31. The van der Waals surface area contributed by atoms with E-state index < -0.39 is 0 Å². The Kier molecular flexibility index (Phi) is 3.84. The number of carbonyl (C=O) groups is 1. The molecular weight excluding hydrogens is 270 g/mol. The Hall–Kier alpha value is -1.59. The molecule has 0 radical (unpaired) electrons. The molecule has 4 nitrogen and oxygen atoms in total. The van der Waals surface area contributed by atoms with E-state index in [1.54, 1.807) is 18.2 Å². The lowest BCUT2D eigenvalue weighted by atomic mass is 10.2. The highest BCUT2D eigenvalue weighted by Crippen LogP contribution is 2.22. The molecule has 3 N–H and O–H groups in total. The van der Waals surface area contributed by atoms with Crippen molar-refractivity contribution in [1.29, 1.82) is 0 Å². The largest absolute Gasteiger partial charge is 0.398 e. The number of anilines is 1. The lowest BCUT2D eigenvalue weighted by Crippen LogP contribution is -2.23. The Labute approximate surface area is 114 Å². The maximum Gasteiger partial charge on any atom is 0.253 e. The van der Waals surface area contributed by atoms with Crippen LogP contribution in [0.2, 0.25) is 5.02 Å². The number of benzene rings is 1. The Balaban J connectivity index is 2.06. The molecule has 0 bridgehead atoms. The van der Waals surface area contributed by atoms with Crippen molar-refractivity contribution in [3.8, 4) is 0 Å². The second-order valence-electron chi connectivity index (χ2n) is 3.77. The number of nitrogens with two attached hydrogens (primary N) is 1. The van der Waals surface area contributed by atoms with Crippen molar-refractivity contribution in [2.24, 2.45) is 0 Å². The van der Waals surface area contributed by atoms with E-state index in [9.17, 15) is 4.79 Å². The van der Waals surface area contributed by atoms with Crippen LogP contribution in [0.15, 0.2) is 23.6 Å². The van der Waals surface area contributed by atoms with Crippen LogP contribution >= 0.6 is 22.9 Å². The highest BCUT2D eigenvalue weighted by molar-refractivity contribution is 7.09. The fourth-order valence-electron chi connectivity index (χ4n) is 1.46. The number of halogens is 1. The van der Waals surface area contributed by atoms with Gasteiger partial charge < -0.3 is 11.1 Å². The van der Waals surface area contributed by atoms with Crippen LogP contribution < -0.4 is 11.1 Å². The third-order valence-corrected chi connectivity index (χ3v) is 3.73. The van der Waals surface area contributed by atoms with Crippen LogP contribution in [-0.2, 0) is 6.54 Å². The van der Waals surface area contributed by atoms with Gasteiger partial charge in [0.15, 0.2) is 0 Å². The monoisotopic (exact) mass is 281 g/mol. The number of amides is 1. The number of rotatable bonds is 3. The van der Waals surface area contributed by atoms with Gasteiger partial charge in [0.25, 0.3) is 5.91 Å². The smallest absolute Gasteiger partial charge is 0.253 e. The summed E-state index contributed by atoms with van der Waals surface area (Å²) in [4.78, 5) is 16.2. The van der Waals surface area contributed by atoms with Gasteiger partial charge in [-0.15, -0.1) is 11.3 Å². The zero-order valence-electron chi connectivity index (χ0n) is 9.74. The fraction of sp³-hybridized carbons (Fsp3) is 0.167. The van der Waals surface area contributed by atoms with Crippen LogP contribution in [0.4, 0.5) is 5.69 Å². The summed E-state index contributed by atoms with van der Waals surface area (Å²) in [7, 11) is 0. The molecule has 0 aliphatic carbocycles. The number of nitrogens with zero attached hydrogens (tertiary/aromatic N) is 1. The molecule has 1 aromatic carbocycles. The predicted octanol–water partition coefficient (Wildman–Crippen LogP) is 2.62. The summed E-state index contributed by atoms with van der Waals surface area (Å²) in [5.41, 5.74) is 7.37. The maximum atomic E-state index is 11.9. The van der Waals surface area contributed by atoms with E-state index in [-0.39, 0.29) is 10.9 Å². The number of aryl methyl sites for hydroxylation is 1. The van der Waals surface area contributed by atoms with Gasteiger partial charge in [0.2, 0.25) is 0 Å². The van der Waals surface area contributed by atoms with Crippen LogP contribution in [0.25, 0.3) is 0 Å². The van der Waals surface area contributed by atoms with Gasteiger partial charge in [0.05, 0.1) is 22.8 Å². The second kappa shape index (κ2) is 5.37. The summed E-state index contributed by atoms with van der Waals surface area (Å²) in [6.07, 6.45) is 0. The zero-order chi connectivity index (χ0) is 13.1. The minimum absolute atomic E-state index is 0.250. The van der Waals surface area contributed by atoms with E-state index in [2.05, 4.69) is 10.3 Å². The molecule has 2 aromatic rings. The molecule has 0 saturated carbocycles. The summed E-state index contributed by atoms with van der Waals surface area (Å²) >= 11 is 7.49. The average Bonchev–Trinajstić information content (AvgIpc) is 2.76. The topological polar surface area (TPSA) is 68.0 Å². The Morgan fingerprint density at radius 1 is 1.56 bits per heavy atom. The lowest BCUT2D eigenvalue weighted by Gasteiger charge is -2.06. The standard InChI is InChI=1S/C12H12ClN3OS/c1-7-6-18-10(16-7)5-15-12(17)8-3-2-4-9(14)11(8)13/h2-4,6H,5,14H2,1H3,(H,15,17). The number of nitrogen functional groups attached to an aromatic ring is 1. The van der Waals surface area contributed by atoms with Crippen LogP contribution in [0, 0.1) is 6.92 Å². The van der Waals surface area contributed by atoms with Crippen molar-refractivity contribution in [3.63, 3.8) is 0 Å². The molecule has 18 heavy (non-hydrogen) atoms. The molecule has 0 atom stereocenters. The molecule has 6 heteroatoms. The molecule has 0 unspecified atom stereocenters. The van der Waals surface area contributed by atoms with Crippen molar-refractivity contribution < 1.29 is 4.79 Å². The molecule has 0 fully saturated rings. The highest BCUT2D eigenvalue weighted by atomic mass is 35.5. The highest BCUT2D eigenvalue weighted by Gasteiger charge is 2.12. The number of nitrogens with one attached hydrogen (secondary N) is 1. The van der Waals surface area contributed by atoms with E-state index in [4.69, 9.17) is 17.3 Å². The van der Waals surface area contributed by atoms with Gasteiger partial charge in [-0.25, -0.2) is 4.98 Å². The van der Waals surface area contributed by atoms with E-state index >= 15 is 0 Å².